The quantitative estimate of drug-likeness (QED) is 0.749. The highest BCUT2D eigenvalue weighted by molar-refractivity contribution is 7.98. The van der Waals surface area contributed by atoms with Gasteiger partial charge in [0.1, 0.15) is 11.5 Å². The highest BCUT2D eigenvalue weighted by Crippen LogP contribution is 2.26. The SMILES string of the molecule is CNCc1noc2c1CSCC2. The van der Waals surface area contributed by atoms with Gasteiger partial charge in [0.15, 0.2) is 0 Å². The van der Waals surface area contributed by atoms with Gasteiger partial charge in [-0.2, -0.15) is 11.8 Å². The van der Waals surface area contributed by atoms with Crippen molar-refractivity contribution in [2.75, 3.05) is 12.8 Å². The Hall–Kier alpha value is -0.480. The number of fused-ring (bicyclic) bond motifs is 1. The molecule has 0 spiro atoms. The van der Waals surface area contributed by atoms with Gasteiger partial charge in [-0.25, -0.2) is 0 Å². The minimum Gasteiger partial charge on any atom is -0.361 e. The first kappa shape index (κ1) is 8.13. The molecular formula is C8H12N2OS. The first-order chi connectivity index (χ1) is 5.92. The molecule has 1 aromatic rings. The van der Waals surface area contributed by atoms with E-state index >= 15 is 0 Å². The van der Waals surface area contributed by atoms with Crippen molar-refractivity contribution in [3.8, 4) is 0 Å². The highest BCUT2D eigenvalue weighted by Gasteiger charge is 2.18. The molecule has 0 radical (unpaired) electrons. The van der Waals surface area contributed by atoms with Crippen LogP contribution in [0, 0.1) is 0 Å². The Balaban J connectivity index is 2.25. The summed E-state index contributed by atoms with van der Waals surface area (Å²) in [5.41, 5.74) is 2.40. The lowest BCUT2D eigenvalue weighted by molar-refractivity contribution is 0.378. The number of aromatic nitrogens is 1. The summed E-state index contributed by atoms with van der Waals surface area (Å²) in [5, 5.41) is 7.13. The maximum absolute atomic E-state index is 5.24. The Labute approximate surface area is 75.9 Å². The van der Waals surface area contributed by atoms with Crippen molar-refractivity contribution in [2.24, 2.45) is 0 Å². The number of rotatable bonds is 2. The molecular weight excluding hydrogens is 172 g/mol. The van der Waals surface area contributed by atoms with Crippen molar-refractivity contribution < 1.29 is 4.52 Å². The molecule has 2 rings (SSSR count). The van der Waals surface area contributed by atoms with Gasteiger partial charge in [0.2, 0.25) is 0 Å². The number of hydrogen-bond donors (Lipinski definition) is 1. The van der Waals surface area contributed by atoms with Crippen LogP contribution in [0.1, 0.15) is 17.0 Å². The van der Waals surface area contributed by atoms with Gasteiger partial charge in [0.05, 0.1) is 0 Å². The fourth-order valence-electron chi connectivity index (χ4n) is 1.39. The van der Waals surface area contributed by atoms with Crippen molar-refractivity contribution in [3.05, 3.63) is 17.0 Å². The maximum atomic E-state index is 5.24. The Morgan fingerprint density at radius 1 is 1.67 bits per heavy atom. The molecule has 12 heavy (non-hydrogen) atoms. The fourth-order valence-corrected chi connectivity index (χ4v) is 2.39. The maximum Gasteiger partial charge on any atom is 0.141 e. The smallest absolute Gasteiger partial charge is 0.141 e. The number of nitrogens with one attached hydrogen (secondary N) is 1. The summed E-state index contributed by atoms with van der Waals surface area (Å²) in [7, 11) is 1.93. The lowest BCUT2D eigenvalue weighted by Gasteiger charge is -2.08. The zero-order chi connectivity index (χ0) is 8.39. The molecule has 1 aliphatic rings. The molecule has 3 nitrogen and oxygen atoms in total. The van der Waals surface area contributed by atoms with E-state index in [9.17, 15) is 0 Å². The summed E-state index contributed by atoms with van der Waals surface area (Å²) >= 11 is 1.95. The van der Waals surface area contributed by atoms with E-state index in [1.165, 1.54) is 11.3 Å². The van der Waals surface area contributed by atoms with Gasteiger partial charge in [-0.15, -0.1) is 0 Å². The molecule has 0 fully saturated rings. The molecule has 1 aliphatic heterocycles. The second kappa shape index (κ2) is 3.49. The minimum absolute atomic E-state index is 0.819. The molecule has 66 valence electrons. The predicted molar refractivity (Wildman–Crippen MR) is 49.1 cm³/mol. The Kier molecular flexibility index (Phi) is 2.37. The van der Waals surface area contributed by atoms with E-state index in [1.54, 1.807) is 0 Å². The molecule has 0 saturated carbocycles. The number of nitrogens with zero attached hydrogens (tertiary/aromatic N) is 1. The zero-order valence-electron chi connectivity index (χ0n) is 7.09. The first-order valence-electron chi connectivity index (χ1n) is 4.10. The van der Waals surface area contributed by atoms with Crippen molar-refractivity contribution in [1.82, 2.24) is 10.5 Å². The van der Waals surface area contributed by atoms with Gasteiger partial charge in [-0.05, 0) is 7.05 Å². The van der Waals surface area contributed by atoms with Crippen LogP contribution in [0.4, 0.5) is 0 Å². The van der Waals surface area contributed by atoms with Crippen LogP contribution < -0.4 is 5.32 Å². The first-order valence-corrected chi connectivity index (χ1v) is 5.26. The second-order valence-electron chi connectivity index (χ2n) is 2.86. The van der Waals surface area contributed by atoms with Crippen molar-refractivity contribution in [1.29, 1.82) is 0 Å². The van der Waals surface area contributed by atoms with Gasteiger partial charge in [-0.1, -0.05) is 5.16 Å². The summed E-state index contributed by atoms with van der Waals surface area (Å²) < 4.78 is 5.24. The largest absolute Gasteiger partial charge is 0.361 e. The van der Waals surface area contributed by atoms with E-state index < -0.39 is 0 Å². The third kappa shape index (κ3) is 1.36. The van der Waals surface area contributed by atoms with E-state index in [0.717, 1.165) is 30.2 Å². The molecule has 4 heteroatoms. The third-order valence-corrected chi connectivity index (χ3v) is 3.00. The van der Waals surface area contributed by atoms with Crippen LogP contribution >= 0.6 is 11.8 Å². The van der Waals surface area contributed by atoms with Crippen LogP contribution in [0.3, 0.4) is 0 Å². The van der Waals surface area contributed by atoms with Gasteiger partial charge in [0.25, 0.3) is 0 Å². The van der Waals surface area contributed by atoms with Gasteiger partial charge in [-0.3, -0.25) is 0 Å². The third-order valence-electron chi connectivity index (χ3n) is 2.02. The normalized spacial score (nSPS) is 16.1. The molecule has 1 N–H and O–H groups in total. The standard InChI is InChI=1S/C8H12N2OS/c1-9-4-7-6-5-12-3-2-8(6)11-10-7/h9H,2-5H2,1H3. The Morgan fingerprint density at radius 3 is 3.42 bits per heavy atom. The summed E-state index contributed by atoms with van der Waals surface area (Å²) in [5.74, 6) is 3.33. The van der Waals surface area contributed by atoms with Crippen LogP contribution in [-0.4, -0.2) is 18.0 Å². The summed E-state index contributed by atoms with van der Waals surface area (Å²) in [6.07, 6.45) is 1.04. The van der Waals surface area contributed by atoms with E-state index in [4.69, 9.17) is 4.52 Å². The zero-order valence-corrected chi connectivity index (χ0v) is 7.91. The predicted octanol–water partition coefficient (Wildman–Crippen LogP) is 1.18. The van der Waals surface area contributed by atoms with Crippen molar-refractivity contribution >= 4 is 11.8 Å². The fraction of sp³-hybridized carbons (Fsp3) is 0.625. The van der Waals surface area contributed by atoms with E-state index in [1.807, 2.05) is 18.8 Å². The van der Waals surface area contributed by atoms with Gasteiger partial charge in [0, 0.05) is 30.0 Å². The molecule has 0 aromatic carbocycles. The van der Waals surface area contributed by atoms with Crippen molar-refractivity contribution in [3.63, 3.8) is 0 Å². The van der Waals surface area contributed by atoms with Crippen LogP contribution in [0.5, 0.6) is 0 Å². The molecule has 0 amide bonds. The van der Waals surface area contributed by atoms with Gasteiger partial charge >= 0.3 is 0 Å². The van der Waals surface area contributed by atoms with Crippen molar-refractivity contribution in [2.45, 2.75) is 18.7 Å². The number of thioether (sulfide) groups is 1. The topological polar surface area (TPSA) is 38.1 Å². The lowest BCUT2D eigenvalue weighted by Crippen LogP contribution is -2.09. The molecule has 0 unspecified atom stereocenters. The Bertz CT molecular complexity index is 272. The van der Waals surface area contributed by atoms with E-state index in [-0.39, 0.29) is 0 Å². The molecule has 0 bridgehead atoms. The summed E-state index contributed by atoms with van der Waals surface area (Å²) in [6.45, 7) is 0.819. The lowest BCUT2D eigenvalue weighted by atomic mass is 10.2. The van der Waals surface area contributed by atoms with Crippen LogP contribution in [0.25, 0.3) is 0 Å². The molecule has 0 saturated heterocycles. The minimum atomic E-state index is 0.819. The summed E-state index contributed by atoms with van der Waals surface area (Å²) in [4.78, 5) is 0. The number of hydrogen-bond acceptors (Lipinski definition) is 4. The van der Waals surface area contributed by atoms with E-state index in [0.29, 0.717) is 0 Å². The Morgan fingerprint density at radius 2 is 2.58 bits per heavy atom. The average molecular weight is 184 g/mol. The van der Waals surface area contributed by atoms with Crippen LogP contribution in [0.2, 0.25) is 0 Å². The van der Waals surface area contributed by atoms with E-state index in [2.05, 4.69) is 10.5 Å². The molecule has 0 atom stereocenters. The number of aryl methyl sites for hydroxylation is 1. The summed E-state index contributed by atoms with van der Waals surface area (Å²) in [6, 6.07) is 0. The second-order valence-corrected chi connectivity index (χ2v) is 3.97. The monoisotopic (exact) mass is 184 g/mol. The highest BCUT2D eigenvalue weighted by atomic mass is 32.2. The molecule has 2 heterocycles. The molecule has 1 aromatic heterocycles. The average Bonchev–Trinajstić information content (AvgIpc) is 2.50. The molecule has 0 aliphatic carbocycles. The van der Waals surface area contributed by atoms with Gasteiger partial charge < -0.3 is 9.84 Å². The van der Waals surface area contributed by atoms with Crippen LogP contribution in [0.15, 0.2) is 4.52 Å². The van der Waals surface area contributed by atoms with Crippen LogP contribution in [-0.2, 0) is 18.7 Å².